The molecule has 0 unspecified atom stereocenters. The lowest BCUT2D eigenvalue weighted by Gasteiger charge is -2.32. The third kappa shape index (κ3) is 3.82. The number of nitrogens with one attached hydrogen (secondary N) is 1. The molecule has 4 aromatic rings. The van der Waals surface area contributed by atoms with Crippen LogP contribution in [0.15, 0.2) is 52.9 Å². The summed E-state index contributed by atoms with van der Waals surface area (Å²) >= 11 is 1.48. The molecular weight excluding hydrogens is 424 g/mol. The van der Waals surface area contributed by atoms with E-state index < -0.39 is 0 Å². The highest BCUT2D eigenvalue weighted by molar-refractivity contribution is 7.20. The van der Waals surface area contributed by atoms with Gasteiger partial charge in [-0.25, -0.2) is 4.68 Å². The average Bonchev–Trinajstić information content (AvgIpc) is 3.51. The highest BCUT2D eigenvalue weighted by Crippen LogP contribution is 2.31. The van der Waals surface area contributed by atoms with Crippen molar-refractivity contribution in [3.8, 4) is 5.69 Å². The number of benzene rings is 1. The molecule has 2 amide bonds. The molecule has 0 bridgehead atoms. The van der Waals surface area contributed by atoms with Crippen LogP contribution in [0.3, 0.4) is 0 Å². The molecule has 5 rings (SSSR count). The largest absolute Gasteiger partial charge is 0.456 e. The quantitative estimate of drug-likeness (QED) is 0.504. The summed E-state index contributed by atoms with van der Waals surface area (Å²) in [5.74, 6) is 0.878. The molecule has 3 aromatic heterocycles. The number of piperidine rings is 1. The SMILES string of the molecule is Cc1ccc(C(=O)NC2CCN(C(=O)c3cc4c(C)nn(-c5ccccc5)c4s3)CC2)o1. The number of rotatable bonds is 4. The summed E-state index contributed by atoms with van der Waals surface area (Å²) in [5, 5.41) is 8.68. The van der Waals surface area contributed by atoms with Gasteiger partial charge in [0.2, 0.25) is 0 Å². The number of nitrogens with zero attached hydrogens (tertiary/aromatic N) is 3. The van der Waals surface area contributed by atoms with E-state index in [0.29, 0.717) is 24.6 Å². The molecule has 8 heteroatoms. The first-order valence-corrected chi connectivity index (χ1v) is 11.5. The number of aromatic nitrogens is 2. The second kappa shape index (κ2) is 8.27. The normalized spacial score (nSPS) is 14.8. The van der Waals surface area contributed by atoms with Gasteiger partial charge in [-0.05, 0) is 57.0 Å². The zero-order chi connectivity index (χ0) is 22.2. The number of hydrogen-bond acceptors (Lipinski definition) is 5. The molecule has 164 valence electrons. The van der Waals surface area contributed by atoms with Crippen LogP contribution in [0, 0.1) is 13.8 Å². The van der Waals surface area contributed by atoms with E-state index in [-0.39, 0.29) is 17.9 Å². The molecule has 1 aromatic carbocycles. The standard InChI is InChI=1S/C24H24N4O3S/c1-15-8-9-20(31-15)22(29)25-17-10-12-27(13-11-17)23(30)21-14-19-16(2)26-28(24(19)32-21)18-6-4-3-5-7-18/h3-9,14,17H,10-13H2,1-2H3,(H,25,29). The van der Waals surface area contributed by atoms with E-state index in [1.807, 2.05) is 59.8 Å². The summed E-state index contributed by atoms with van der Waals surface area (Å²) in [6.07, 6.45) is 1.44. The van der Waals surface area contributed by atoms with Crippen molar-refractivity contribution >= 4 is 33.4 Å². The lowest BCUT2D eigenvalue weighted by molar-refractivity contribution is 0.0700. The van der Waals surface area contributed by atoms with Gasteiger partial charge in [-0.15, -0.1) is 11.3 Å². The topological polar surface area (TPSA) is 80.4 Å². The van der Waals surface area contributed by atoms with Gasteiger partial charge in [0.1, 0.15) is 10.6 Å². The molecule has 0 aliphatic carbocycles. The molecule has 0 saturated carbocycles. The lowest BCUT2D eigenvalue weighted by Crippen LogP contribution is -2.46. The Kier molecular flexibility index (Phi) is 5.30. The third-order valence-electron chi connectivity index (χ3n) is 5.84. The fourth-order valence-electron chi connectivity index (χ4n) is 4.09. The van der Waals surface area contributed by atoms with Crippen molar-refractivity contribution in [2.24, 2.45) is 0 Å². The molecule has 1 saturated heterocycles. The Balaban J connectivity index is 1.27. The van der Waals surface area contributed by atoms with E-state index in [2.05, 4.69) is 10.4 Å². The second-order valence-corrected chi connectivity index (χ2v) is 9.14. The van der Waals surface area contributed by atoms with E-state index in [4.69, 9.17) is 4.42 Å². The lowest BCUT2D eigenvalue weighted by atomic mass is 10.0. The molecule has 0 atom stereocenters. The van der Waals surface area contributed by atoms with Crippen LogP contribution in [-0.2, 0) is 0 Å². The molecule has 0 spiro atoms. The second-order valence-electron chi connectivity index (χ2n) is 8.11. The van der Waals surface area contributed by atoms with Crippen molar-refractivity contribution in [3.63, 3.8) is 0 Å². The first kappa shape index (κ1) is 20.5. The Morgan fingerprint density at radius 1 is 1.09 bits per heavy atom. The van der Waals surface area contributed by atoms with Crippen LogP contribution < -0.4 is 5.32 Å². The van der Waals surface area contributed by atoms with Gasteiger partial charge in [-0.3, -0.25) is 9.59 Å². The summed E-state index contributed by atoms with van der Waals surface area (Å²) in [6.45, 7) is 5.00. The van der Waals surface area contributed by atoms with Crippen molar-refractivity contribution in [1.29, 1.82) is 0 Å². The van der Waals surface area contributed by atoms with E-state index in [0.717, 1.165) is 39.3 Å². The minimum atomic E-state index is -0.201. The average molecular weight is 449 g/mol. The first-order chi connectivity index (χ1) is 15.5. The third-order valence-corrected chi connectivity index (χ3v) is 6.94. The van der Waals surface area contributed by atoms with E-state index in [9.17, 15) is 9.59 Å². The molecule has 32 heavy (non-hydrogen) atoms. The van der Waals surface area contributed by atoms with Crippen LogP contribution in [0.1, 0.15) is 44.5 Å². The summed E-state index contributed by atoms with van der Waals surface area (Å²) in [5.41, 5.74) is 1.89. The Morgan fingerprint density at radius 3 is 2.53 bits per heavy atom. The van der Waals surface area contributed by atoms with Crippen LogP contribution in [0.25, 0.3) is 15.9 Å². The smallest absolute Gasteiger partial charge is 0.287 e. The van der Waals surface area contributed by atoms with Crippen LogP contribution in [-0.4, -0.2) is 45.6 Å². The van der Waals surface area contributed by atoms with Crippen molar-refractivity contribution in [2.45, 2.75) is 32.7 Å². The van der Waals surface area contributed by atoms with E-state index in [1.54, 1.807) is 12.1 Å². The first-order valence-electron chi connectivity index (χ1n) is 10.7. The number of amides is 2. The van der Waals surface area contributed by atoms with Gasteiger partial charge in [-0.2, -0.15) is 5.10 Å². The van der Waals surface area contributed by atoms with Crippen molar-refractivity contribution in [1.82, 2.24) is 20.0 Å². The van der Waals surface area contributed by atoms with Gasteiger partial charge in [0.15, 0.2) is 5.76 Å². The van der Waals surface area contributed by atoms with Gasteiger partial charge in [0, 0.05) is 24.5 Å². The van der Waals surface area contributed by atoms with Gasteiger partial charge in [0.25, 0.3) is 11.8 Å². The molecule has 1 N–H and O–H groups in total. The molecule has 1 aliphatic rings. The maximum Gasteiger partial charge on any atom is 0.287 e. The fraction of sp³-hybridized carbons (Fsp3) is 0.292. The van der Waals surface area contributed by atoms with E-state index >= 15 is 0 Å². The predicted molar refractivity (Wildman–Crippen MR) is 124 cm³/mol. The van der Waals surface area contributed by atoms with E-state index in [1.165, 1.54) is 11.3 Å². The minimum Gasteiger partial charge on any atom is -0.456 e. The molecule has 1 fully saturated rings. The van der Waals surface area contributed by atoms with Crippen molar-refractivity contribution < 1.29 is 14.0 Å². The van der Waals surface area contributed by atoms with Gasteiger partial charge in [-0.1, -0.05) is 18.2 Å². The Morgan fingerprint density at radius 2 is 1.84 bits per heavy atom. The summed E-state index contributed by atoms with van der Waals surface area (Å²) in [4.78, 5) is 29.1. The number of furan rings is 1. The maximum absolute atomic E-state index is 13.2. The maximum atomic E-state index is 13.2. The van der Waals surface area contributed by atoms with Crippen LogP contribution in [0.2, 0.25) is 0 Å². The Bertz CT molecular complexity index is 1280. The molecule has 7 nitrogen and oxygen atoms in total. The molecule has 1 aliphatic heterocycles. The Hall–Kier alpha value is -3.39. The van der Waals surface area contributed by atoms with Gasteiger partial charge < -0.3 is 14.6 Å². The Labute approximate surface area is 189 Å². The van der Waals surface area contributed by atoms with Gasteiger partial charge >= 0.3 is 0 Å². The van der Waals surface area contributed by atoms with Crippen LogP contribution in [0.4, 0.5) is 0 Å². The monoisotopic (exact) mass is 448 g/mol. The predicted octanol–water partition coefficient (Wildman–Crippen LogP) is 4.33. The number of likely N-dealkylation sites (tertiary alicyclic amines) is 1. The number of carbonyl (C=O) groups is 2. The highest BCUT2D eigenvalue weighted by atomic mass is 32.1. The highest BCUT2D eigenvalue weighted by Gasteiger charge is 2.27. The number of aryl methyl sites for hydroxylation is 2. The van der Waals surface area contributed by atoms with Crippen molar-refractivity contribution in [2.75, 3.05) is 13.1 Å². The summed E-state index contributed by atoms with van der Waals surface area (Å²) in [7, 11) is 0. The minimum absolute atomic E-state index is 0.0354. The number of fused-ring (bicyclic) bond motifs is 1. The molecular formula is C24H24N4O3S. The number of para-hydroxylation sites is 1. The number of hydrogen-bond donors (Lipinski definition) is 1. The van der Waals surface area contributed by atoms with Gasteiger partial charge in [0.05, 0.1) is 16.3 Å². The molecule has 0 radical (unpaired) electrons. The van der Waals surface area contributed by atoms with Crippen LogP contribution >= 0.6 is 11.3 Å². The summed E-state index contributed by atoms with van der Waals surface area (Å²) < 4.78 is 7.30. The fourth-order valence-corrected chi connectivity index (χ4v) is 5.24. The van der Waals surface area contributed by atoms with Crippen LogP contribution in [0.5, 0.6) is 0 Å². The number of thiophene rings is 1. The zero-order valence-electron chi connectivity index (χ0n) is 18.0. The molecule has 4 heterocycles. The zero-order valence-corrected chi connectivity index (χ0v) is 18.8. The number of carbonyl (C=O) groups excluding carboxylic acids is 2. The summed E-state index contributed by atoms with van der Waals surface area (Å²) in [6, 6.07) is 15.4. The van der Waals surface area contributed by atoms with Crippen molar-refractivity contribution in [3.05, 3.63) is 70.6 Å².